The number of carbonyl (C=O) groups excluding carboxylic acids is 3. The lowest BCUT2D eigenvalue weighted by atomic mass is 10.1. The monoisotopic (exact) mass is 643 g/mol. The first-order valence-electron chi connectivity index (χ1n) is 11.7. The van der Waals surface area contributed by atoms with Crippen LogP contribution >= 0.6 is 39.1 Å². The van der Waals surface area contributed by atoms with Gasteiger partial charge in [0.05, 0.1) is 33.8 Å². The molecule has 204 valence electrons. The number of carbonyl (C=O) groups is 3. The molecule has 0 radical (unpaired) electrons. The standard InChI is InChI=1S/C29H21BrCl2FN3O4/c1-40-25-12-10-19(14-21(25)28(38)35-18-8-6-17(30)7-9-18)36-27(37)20-13-16(5-11-22(20)31)15-34-29(39)26-23(32)3-2-4-24(26)33/h2-14H,15H2,1H3,(H,34,39)(H,35,38)(H,36,37). The van der Waals surface area contributed by atoms with Crippen molar-refractivity contribution in [1.82, 2.24) is 5.32 Å². The molecule has 0 fully saturated rings. The summed E-state index contributed by atoms with van der Waals surface area (Å²) in [6.45, 7) is -0.0101. The van der Waals surface area contributed by atoms with Crippen LogP contribution in [0.25, 0.3) is 0 Å². The van der Waals surface area contributed by atoms with Gasteiger partial charge in [0.25, 0.3) is 17.7 Å². The zero-order valence-electron chi connectivity index (χ0n) is 20.9. The molecule has 0 heterocycles. The molecule has 0 aliphatic rings. The highest BCUT2D eigenvalue weighted by molar-refractivity contribution is 9.10. The Labute approximate surface area is 247 Å². The second kappa shape index (κ2) is 13.0. The van der Waals surface area contributed by atoms with Crippen molar-refractivity contribution in [3.8, 4) is 5.75 Å². The predicted octanol–water partition coefficient (Wildman–Crippen LogP) is 7.34. The Balaban J connectivity index is 1.49. The fourth-order valence-corrected chi connectivity index (χ4v) is 4.45. The highest BCUT2D eigenvalue weighted by Crippen LogP contribution is 2.26. The predicted molar refractivity (Wildman–Crippen MR) is 157 cm³/mol. The highest BCUT2D eigenvalue weighted by atomic mass is 79.9. The van der Waals surface area contributed by atoms with E-state index in [4.69, 9.17) is 27.9 Å². The first-order chi connectivity index (χ1) is 19.2. The molecule has 40 heavy (non-hydrogen) atoms. The lowest BCUT2D eigenvalue weighted by molar-refractivity contribution is 0.0945. The summed E-state index contributed by atoms with van der Waals surface area (Å²) in [5.74, 6) is -2.10. The van der Waals surface area contributed by atoms with Crippen LogP contribution in [0, 0.1) is 5.82 Å². The van der Waals surface area contributed by atoms with Gasteiger partial charge in [-0.05, 0) is 72.3 Å². The molecule has 4 rings (SSSR count). The Kier molecular flexibility index (Phi) is 9.42. The van der Waals surface area contributed by atoms with Gasteiger partial charge in [0.2, 0.25) is 0 Å². The second-order valence-corrected chi connectivity index (χ2v) is 10.2. The third kappa shape index (κ3) is 6.98. The average molecular weight is 645 g/mol. The molecule has 0 aromatic heterocycles. The van der Waals surface area contributed by atoms with E-state index >= 15 is 0 Å². The topological polar surface area (TPSA) is 96.5 Å². The summed E-state index contributed by atoms with van der Waals surface area (Å²) >= 11 is 15.6. The van der Waals surface area contributed by atoms with E-state index in [-0.39, 0.29) is 33.3 Å². The number of anilines is 2. The number of nitrogens with one attached hydrogen (secondary N) is 3. The lowest BCUT2D eigenvalue weighted by Gasteiger charge is -2.13. The molecular formula is C29H21BrCl2FN3O4. The molecule has 0 saturated carbocycles. The molecule has 0 spiro atoms. The SMILES string of the molecule is COc1ccc(NC(=O)c2cc(CNC(=O)c3c(F)cccc3Cl)ccc2Cl)cc1C(=O)Nc1ccc(Br)cc1. The Bertz CT molecular complexity index is 1580. The average Bonchev–Trinajstić information content (AvgIpc) is 2.93. The third-order valence-corrected chi connectivity index (χ3v) is 6.90. The van der Waals surface area contributed by atoms with Gasteiger partial charge >= 0.3 is 0 Å². The molecule has 0 bridgehead atoms. The summed E-state index contributed by atoms with van der Waals surface area (Å²) in [5.41, 5.74) is 1.52. The van der Waals surface area contributed by atoms with E-state index in [1.807, 2.05) is 0 Å². The van der Waals surface area contributed by atoms with Gasteiger partial charge in [-0.3, -0.25) is 14.4 Å². The summed E-state index contributed by atoms with van der Waals surface area (Å²) in [5, 5.41) is 8.27. The zero-order chi connectivity index (χ0) is 28.8. The summed E-state index contributed by atoms with van der Waals surface area (Å²) < 4.78 is 20.3. The number of amides is 3. The fourth-order valence-electron chi connectivity index (χ4n) is 3.74. The quantitative estimate of drug-likeness (QED) is 0.187. The number of rotatable bonds is 8. The van der Waals surface area contributed by atoms with Crippen LogP contribution in [0.4, 0.5) is 15.8 Å². The van der Waals surface area contributed by atoms with Crippen LogP contribution in [0.2, 0.25) is 10.0 Å². The first-order valence-corrected chi connectivity index (χ1v) is 13.3. The minimum Gasteiger partial charge on any atom is -0.496 e. The van der Waals surface area contributed by atoms with Crippen molar-refractivity contribution in [1.29, 1.82) is 0 Å². The van der Waals surface area contributed by atoms with Crippen LogP contribution in [0.3, 0.4) is 0 Å². The molecule has 3 amide bonds. The molecule has 7 nitrogen and oxygen atoms in total. The largest absolute Gasteiger partial charge is 0.496 e. The molecule has 4 aromatic carbocycles. The molecular weight excluding hydrogens is 624 g/mol. The highest BCUT2D eigenvalue weighted by Gasteiger charge is 2.18. The van der Waals surface area contributed by atoms with Crippen molar-refractivity contribution in [3.05, 3.63) is 121 Å². The van der Waals surface area contributed by atoms with Crippen molar-refractivity contribution in [2.75, 3.05) is 17.7 Å². The number of benzene rings is 4. The summed E-state index contributed by atoms with van der Waals surface area (Å²) in [6.07, 6.45) is 0. The minimum absolute atomic E-state index is 0.0101. The number of halogens is 4. The normalized spacial score (nSPS) is 10.5. The van der Waals surface area contributed by atoms with Crippen molar-refractivity contribution >= 4 is 68.2 Å². The number of ether oxygens (including phenoxy) is 1. The van der Waals surface area contributed by atoms with E-state index in [9.17, 15) is 18.8 Å². The summed E-state index contributed by atoms with van der Waals surface area (Å²) in [7, 11) is 1.44. The van der Waals surface area contributed by atoms with E-state index in [1.165, 1.54) is 37.4 Å². The molecule has 0 aliphatic heterocycles. The molecule has 0 saturated heterocycles. The number of methoxy groups -OCH3 is 1. The van der Waals surface area contributed by atoms with Gasteiger partial charge in [-0.25, -0.2) is 4.39 Å². The van der Waals surface area contributed by atoms with Crippen LogP contribution < -0.4 is 20.7 Å². The first kappa shape index (κ1) is 29.1. The summed E-state index contributed by atoms with van der Waals surface area (Å²) in [6, 6.07) is 20.3. The van der Waals surface area contributed by atoms with Crippen molar-refractivity contribution in [3.63, 3.8) is 0 Å². The Morgan fingerprint density at radius 1 is 0.800 bits per heavy atom. The van der Waals surface area contributed by atoms with Gasteiger partial charge in [0.1, 0.15) is 11.6 Å². The number of hydrogen-bond donors (Lipinski definition) is 3. The van der Waals surface area contributed by atoms with E-state index < -0.39 is 23.5 Å². The fraction of sp³-hybridized carbons (Fsp3) is 0.0690. The van der Waals surface area contributed by atoms with Crippen molar-refractivity contribution in [2.24, 2.45) is 0 Å². The number of hydrogen-bond acceptors (Lipinski definition) is 4. The van der Waals surface area contributed by atoms with Gasteiger partial charge in [-0.1, -0.05) is 51.3 Å². The van der Waals surface area contributed by atoms with E-state index in [0.717, 1.165) is 10.5 Å². The van der Waals surface area contributed by atoms with E-state index in [1.54, 1.807) is 42.5 Å². The summed E-state index contributed by atoms with van der Waals surface area (Å²) in [4.78, 5) is 38.5. The smallest absolute Gasteiger partial charge is 0.259 e. The van der Waals surface area contributed by atoms with Gasteiger partial charge in [0.15, 0.2) is 0 Å². The molecule has 4 aromatic rings. The van der Waals surface area contributed by atoms with Gasteiger partial charge < -0.3 is 20.7 Å². The molecule has 11 heteroatoms. The van der Waals surface area contributed by atoms with E-state index in [2.05, 4.69) is 31.9 Å². The molecule has 0 aliphatic carbocycles. The third-order valence-electron chi connectivity index (χ3n) is 5.72. The maximum absolute atomic E-state index is 14.1. The molecule has 3 N–H and O–H groups in total. The molecule has 0 unspecified atom stereocenters. The lowest BCUT2D eigenvalue weighted by Crippen LogP contribution is -2.24. The van der Waals surface area contributed by atoms with Gasteiger partial charge in [-0.2, -0.15) is 0 Å². The maximum Gasteiger partial charge on any atom is 0.259 e. The van der Waals surface area contributed by atoms with Crippen LogP contribution in [-0.2, 0) is 6.54 Å². The van der Waals surface area contributed by atoms with Crippen LogP contribution in [0.1, 0.15) is 36.6 Å². The van der Waals surface area contributed by atoms with Crippen LogP contribution in [-0.4, -0.2) is 24.8 Å². The Morgan fingerprint density at radius 2 is 1.48 bits per heavy atom. The minimum atomic E-state index is -0.745. The van der Waals surface area contributed by atoms with Crippen LogP contribution in [0.15, 0.2) is 83.3 Å². The van der Waals surface area contributed by atoms with Crippen molar-refractivity contribution < 1.29 is 23.5 Å². The van der Waals surface area contributed by atoms with Crippen LogP contribution in [0.5, 0.6) is 5.75 Å². The van der Waals surface area contributed by atoms with Gasteiger partial charge in [0, 0.05) is 22.4 Å². The maximum atomic E-state index is 14.1. The van der Waals surface area contributed by atoms with Gasteiger partial charge in [-0.15, -0.1) is 0 Å². The second-order valence-electron chi connectivity index (χ2n) is 8.42. The Morgan fingerprint density at radius 3 is 2.17 bits per heavy atom. The van der Waals surface area contributed by atoms with Crippen molar-refractivity contribution in [2.45, 2.75) is 6.54 Å². The zero-order valence-corrected chi connectivity index (χ0v) is 24.0. The Hall–Kier alpha value is -3.92. The van der Waals surface area contributed by atoms with E-state index in [0.29, 0.717) is 22.7 Å². The molecule has 0 atom stereocenters.